The third-order valence-electron chi connectivity index (χ3n) is 4.26. The van der Waals surface area contributed by atoms with Gasteiger partial charge in [0.25, 0.3) is 5.91 Å². The number of aliphatic imine (C=N–C) groups is 1. The van der Waals surface area contributed by atoms with Crippen LogP contribution in [0.1, 0.15) is 16.7 Å². The molecule has 3 aromatic rings. The summed E-state index contributed by atoms with van der Waals surface area (Å²) in [4.78, 5) is 23.4. The number of halogens is 1. The van der Waals surface area contributed by atoms with Crippen molar-refractivity contribution in [1.82, 2.24) is 4.98 Å². The molecule has 1 aliphatic heterocycles. The molecule has 2 aromatic carbocycles. The van der Waals surface area contributed by atoms with Gasteiger partial charge in [-0.1, -0.05) is 41.4 Å². The summed E-state index contributed by atoms with van der Waals surface area (Å²) in [6, 6.07) is 18.8. The Bertz CT molecular complexity index is 1040. The second kappa shape index (κ2) is 7.17. The molecule has 0 bridgehead atoms. The molecule has 4 nitrogen and oxygen atoms in total. The Balaban J connectivity index is 1.82. The van der Waals surface area contributed by atoms with E-state index in [1.165, 1.54) is 0 Å². The van der Waals surface area contributed by atoms with Gasteiger partial charge >= 0.3 is 0 Å². The van der Waals surface area contributed by atoms with Crippen molar-refractivity contribution in [2.24, 2.45) is 4.99 Å². The molecule has 0 saturated heterocycles. The highest BCUT2D eigenvalue weighted by atomic mass is 35.5. The number of hydrogen-bond donors (Lipinski definition) is 0. The van der Waals surface area contributed by atoms with Crippen LogP contribution in [-0.4, -0.2) is 16.7 Å². The molecule has 132 valence electrons. The van der Waals surface area contributed by atoms with Gasteiger partial charge in [-0.25, -0.2) is 4.99 Å². The van der Waals surface area contributed by atoms with Crippen LogP contribution in [0.25, 0.3) is 6.08 Å². The molecule has 1 amide bonds. The number of carbonyl (C=O) groups is 1. The van der Waals surface area contributed by atoms with Gasteiger partial charge in [0.1, 0.15) is 11.5 Å². The van der Waals surface area contributed by atoms with Crippen LogP contribution in [0, 0.1) is 6.92 Å². The smallest absolute Gasteiger partial charge is 0.266 e. The van der Waals surface area contributed by atoms with E-state index in [9.17, 15) is 4.79 Å². The highest BCUT2D eigenvalue weighted by molar-refractivity contribution is 6.33. The summed E-state index contributed by atoms with van der Waals surface area (Å²) >= 11 is 6.01. The fraction of sp³-hybridized carbons (Fsp3) is 0.0455. The molecule has 0 aliphatic carbocycles. The second-order valence-corrected chi connectivity index (χ2v) is 6.66. The predicted octanol–water partition coefficient (Wildman–Crippen LogP) is 4.88. The second-order valence-electron chi connectivity index (χ2n) is 6.23. The Morgan fingerprint density at radius 1 is 0.926 bits per heavy atom. The molecular weight excluding hydrogens is 358 g/mol. The Hall–Kier alpha value is -3.24. The first-order valence-electron chi connectivity index (χ1n) is 8.49. The highest BCUT2D eigenvalue weighted by Gasteiger charge is 2.32. The van der Waals surface area contributed by atoms with E-state index in [0.717, 1.165) is 22.4 Å². The SMILES string of the molecule is Cc1ccc(C2=N/C(=C/c3ccncc3)C(=O)N2c2ccc(Cl)cc2)cc1. The molecule has 0 atom stereocenters. The minimum atomic E-state index is -0.176. The van der Waals surface area contributed by atoms with Gasteiger partial charge in [-0.05, 0) is 55.0 Å². The monoisotopic (exact) mass is 373 g/mol. The maximum atomic E-state index is 13.1. The van der Waals surface area contributed by atoms with Gasteiger partial charge < -0.3 is 0 Å². The summed E-state index contributed by atoms with van der Waals surface area (Å²) in [5.74, 6) is 0.423. The van der Waals surface area contributed by atoms with Crippen molar-refractivity contribution in [1.29, 1.82) is 0 Å². The van der Waals surface area contributed by atoms with Crippen LogP contribution in [0.5, 0.6) is 0 Å². The topological polar surface area (TPSA) is 45.6 Å². The van der Waals surface area contributed by atoms with E-state index in [1.54, 1.807) is 35.5 Å². The lowest BCUT2D eigenvalue weighted by Gasteiger charge is -2.18. The van der Waals surface area contributed by atoms with E-state index < -0.39 is 0 Å². The largest absolute Gasteiger partial charge is 0.282 e. The van der Waals surface area contributed by atoms with Crippen molar-refractivity contribution in [2.45, 2.75) is 6.92 Å². The number of carbonyl (C=O) groups excluding carboxylic acids is 1. The fourth-order valence-corrected chi connectivity index (χ4v) is 2.99. The number of hydrogen-bond acceptors (Lipinski definition) is 3. The third-order valence-corrected chi connectivity index (χ3v) is 4.52. The molecule has 1 aromatic heterocycles. The van der Waals surface area contributed by atoms with Crippen LogP contribution in [0.4, 0.5) is 5.69 Å². The van der Waals surface area contributed by atoms with Crippen molar-refractivity contribution in [3.8, 4) is 0 Å². The molecule has 0 radical (unpaired) electrons. The van der Waals surface area contributed by atoms with E-state index in [-0.39, 0.29) is 5.91 Å². The Labute approximate surface area is 162 Å². The van der Waals surface area contributed by atoms with Gasteiger partial charge in [-0.15, -0.1) is 0 Å². The maximum absolute atomic E-state index is 13.1. The number of amides is 1. The number of benzene rings is 2. The van der Waals surface area contributed by atoms with Crippen LogP contribution >= 0.6 is 11.6 Å². The molecule has 2 heterocycles. The molecule has 5 heteroatoms. The zero-order valence-electron chi connectivity index (χ0n) is 14.6. The predicted molar refractivity (Wildman–Crippen MR) is 109 cm³/mol. The molecule has 0 unspecified atom stereocenters. The van der Waals surface area contributed by atoms with Gasteiger partial charge in [0.2, 0.25) is 0 Å². The number of aryl methyl sites for hydroxylation is 1. The summed E-state index contributed by atoms with van der Waals surface area (Å²) in [6.45, 7) is 2.02. The first-order valence-corrected chi connectivity index (χ1v) is 8.87. The summed E-state index contributed by atoms with van der Waals surface area (Å²) in [6.07, 6.45) is 5.15. The minimum absolute atomic E-state index is 0.176. The zero-order valence-corrected chi connectivity index (χ0v) is 15.4. The molecule has 0 N–H and O–H groups in total. The van der Waals surface area contributed by atoms with Gasteiger partial charge in [0.15, 0.2) is 0 Å². The molecule has 0 fully saturated rings. The van der Waals surface area contributed by atoms with E-state index in [1.807, 2.05) is 55.5 Å². The lowest BCUT2D eigenvalue weighted by Crippen LogP contribution is -2.32. The average Bonchev–Trinajstić information content (AvgIpc) is 3.00. The van der Waals surface area contributed by atoms with Crippen molar-refractivity contribution in [2.75, 3.05) is 4.90 Å². The molecule has 0 spiro atoms. The van der Waals surface area contributed by atoms with Crippen molar-refractivity contribution in [3.05, 3.63) is 100 Å². The normalized spacial score (nSPS) is 15.3. The zero-order chi connectivity index (χ0) is 18.8. The maximum Gasteiger partial charge on any atom is 0.282 e. The number of rotatable bonds is 3. The first-order chi connectivity index (χ1) is 13.1. The van der Waals surface area contributed by atoms with E-state index in [0.29, 0.717) is 16.6 Å². The van der Waals surface area contributed by atoms with Gasteiger partial charge in [-0.3, -0.25) is 14.7 Å². The third kappa shape index (κ3) is 3.52. The minimum Gasteiger partial charge on any atom is -0.266 e. The molecule has 1 aliphatic rings. The van der Waals surface area contributed by atoms with Crippen LogP contribution in [0.15, 0.2) is 83.7 Å². The van der Waals surface area contributed by atoms with Crippen LogP contribution in [0.2, 0.25) is 5.02 Å². The molecule has 4 rings (SSSR count). The first kappa shape index (κ1) is 17.2. The van der Waals surface area contributed by atoms with Crippen molar-refractivity contribution < 1.29 is 4.79 Å². The molecular formula is C22H16ClN3O. The number of amidine groups is 1. The van der Waals surface area contributed by atoms with Crippen LogP contribution in [0.3, 0.4) is 0 Å². The Kier molecular flexibility index (Phi) is 4.57. The van der Waals surface area contributed by atoms with Gasteiger partial charge in [-0.2, -0.15) is 0 Å². The number of nitrogens with zero attached hydrogens (tertiary/aromatic N) is 3. The fourth-order valence-electron chi connectivity index (χ4n) is 2.86. The highest BCUT2D eigenvalue weighted by Crippen LogP contribution is 2.28. The van der Waals surface area contributed by atoms with E-state index >= 15 is 0 Å². The number of pyridine rings is 1. The summed E-state index contributed by atoms with van der Waals surface area (Å²) in [7, 11) is 0. The standard InChI is InChI=1S/C22H16ClN3O/c1-15-2-4-17(5-3-15)21-25-20(14-16-10-12-24-13-11-16)22(27)26(21)19-8-6-18(23)7-9-19/h2-14H,1H3/b20-14+. The molecule has 27 heavy (non-hydrogen) atoms. The number of aromatic nitrogens is 1. The Morgan fingerprint density at radius 3 is 2.26 bits per heavy atom. The quantitative estimate of drug-likeness (QED) is 0.614. The lowest BCUT2D eigenvalue weighted by atomic mass is 10.1. The van der Waals surface area contributed by atoms with Crippen LogP contribution < -0.4 is 4.90 Å². The summed E-state index contributed by atoms with van der Waals surface area (Å²) in [5, 5.41) is 0.617. The number of anilines is 1. The Morgan fingerprint density at radius 2 is 1.59 bits per heavy atom. The van der Waals surface area contributed by atoms with Crippen LogP contribution in [-0.2, 0) is 4.79 Å². The van der Waals surface area contributed by atoms with E-state index in [4.69, 9.17) is 11.6 Å². The van der Waals surface area contributed by atoms with Gasteiger partial charge in [0.05, 0.1) is 5.69 Å². The summed E-state index contributed by atoms with van der Waals surface area (Å²) < 4.78 is 0. The van der Waals surface area contributed by atoms with Gasteiger partial charge in [0, 0.05) is 23.0 Å². The average molecular weight is 374 g/mol. The van der Waals surface area contributed by atoms with Crippen molar-refractivity contribution >= 4 is 35.1 Å². The summed E-state index contributed by atoms with van der Waals surface area (Å²) in [5.41, 5.74) is 4.00. The lowest BCUT2D eigenvalue weighted by molar-refractivity contribution is -0.113. The van der Waals surface area contributed by atoms with E-state index in [2.05, 4.69) is 9.98 Å². The molecule has 0 saturated carbocycles. The van der Waals surface area contributed by atoms with Crippen molar-refractivity contribution in [3.63, 3.8) is 0 Å².